The van der Waals surface area contributed by atoms with Gasteiger partial charge in [-0.15, -0.1) is 0 Å². The van der Waals surface area contributed by atoms with Crippen LogP contribution in [0.15, 0.2) is 30.3 Å². The first-order chi connectivity index (χ1) is 9.88. The molecule has 1 amide bonds. The molecule has 0 bridgehead atoms. The minimum Gasteiger partial charge on any atom is -0.332 e. The molecule has 0 heterocycles. The first kappa shape index (κ1) is 16.6. The summed E-state index contributed by atoms with van der Waals surface area (Å²) < 4.78 is -1.98. The Bertz CT molecular complexity index is 503. The summed E-state index contributed by atoms with van der Waals surface area (Å²) in [7, 11) is 0. The average molecular weight is 349 g/mol. The molecule has 6 heteroatoms. The standard InChI is InChI=1S/C15H16Cl3NO2/c16-15(17,18)14(21)19(10-11-4-2-1-3-5-11)12-6-8-13(20)9-7-12/h1-5,12H,6-10H2. The van der Waals surface area contributed by atoms with E-state index in [-0.39, 0.29) is 11.8 Å². The zero-order valence-electron chi connectivity index (χ0n) is 11.4. The van der Waals surface area contributed by atoms with Crippen molar-refractivity contribution in [1.82, 2.24) is 4.90 Å². The molecule has 0 spiro atoms. The van der Waals surface area contributed by atoms with E-state index in [0.29, 0.717) is 32.2 Å². The summed E-state index contributed by atoms with van der Waals surface area (Å²) in [6.07, 6.45) is 2.20. The van der Waals surface area contributed by atoms with Crippen LogP contribution in [0.1, 0.15) is 31.2 Å². The Labute approximate surface area is 139 Å². The number of carbonyl (C=O) groups is 2. The summed E-state index contributed by atoms with van der Waals surface area (Å²) in [4.78, 5) is 25.4. The van der Waals surface area contributed by atoms with Gasteiger partial charge < -0.3 is 4.90 Å². The molecular weight excluding hydrogens is 333 g/mol. The highest BCUT2D eigenvalue weighted by Crippen LogP contribution is 2.32. The number of benzene rings is 1. The average Bonchev–Trinajstić information content (AvgIpc) is 2.45. The Kier molecular flexibility index (Phi) is 5.53. The van der Waals surface area contributed by atoms with Gasteiger partial charge in [0.05, 0.1) is 0 Å². The van der Waals surface area contributed by atoms with E-state index in [1.165, 1.54) is 0 Å². The number of rotatable bonds is 3. The topological polar surface area (TPSA) is 37.4 Å². The molecule has 0 saturated heterocycles. The highest BCUT2D eigenvalue weighted by molar-refractivity contribution is 6.76. The quantitative estimate of drug-likeness (QED) is 0.777. The molecular formula is C15H16Cl3NO2. The third kappa shape index (κ3) is 4.60. The highest BCUT2D eigenvalue weighted by Gasteiger charge is 2.39. The first-order valence-electron chi connectivity index (χ1n) is 6.81. The minimum atomic E-state index is -1.98. The predicted octanol–water partition coefficient (Wildman–Crippen LogP) is 3.90. The van der Waals surface area contributed by atoms with Crippen molar-refractivity contribution in [3.63, 3.8) is 0 Å². The van der Waals surface area contributed by atoms with Crippen molar-refractivity contribution in [3.8, 4) is 0 Å². The van der Waals surface area contributed by atoms with E-state index in [4.69, 9.17) is 34.8 Å². The summed E-state index contributed by atoms with van der Waals surface area (Å²) >= 11 is 17.3. The molecule has 21 heavy (non-hydrogen) atoms. The van der Waals surface area contributed by atoms with Gasteiger partial charge >= 0.3 is 0 Å². The van der Waals surface area contributed by atoms with Gasteiger partial charge in [-0.2, -0.15) is 0 Å². The van der Waals surface area contributed by atoms with Crippen molar-refractivity contribution in [1.29, 1.82) is 0 Å². The van der Waals surface area contributed by atoms with Crippen molar-refractivity contribution in [2.75, 3.05) is 0 Å². The normalized spacial score (nSPS) is 16.8. The van der Waals surface area contributed by atoms with Gasteiger partial charge in [-0.3, -0.25) is 9.59 Å². The molecule has 1 aliphatic rings. The van der Waals surface area contributed by atoms with E-state index in [1.54, 1.807) is 4.90 Å². The number of nitrogens with zero attached hydrogens (tertiary/aromatic N) is 1. The van der Waals surface area contributed by atoms with Gasteiger partial charge in [0, 0.05) is 25.4 Å². The SMILES string of the molecule is O=C1CCC(N(Cc2ccccc2)C(=O)C(Cl)(Cl)Cl)CC1. The predicted molar refractivity (Wildman–Crippen MR) is 84.5 cm³/mol. The maximum Gasteiger partial charge on any atom is 0.275 e. The summed E-state index contributed by atoms with van der Waals surface area (Å²) in [6, 6.07) is 9.49. The van der Waals surface area contributed by atoms with Crippen LogP contribution in [0.25, 0.3) is 0 Å². The third-order valence-corrected chi connectivity index (χ3v) is 4.14. The summed E-state index contributed by atoms with van der Waals surface area (Å²) in [6.45, 7) is 0.381. The first-order valence-corrected chi connectivity index (χ1v) is 7.94. The lowest BCUT2D eigenvalue weighted by atomic mass is 9.92. The number of amides is 1. The molecule has 114 valence electrons. The summed E-state index contributed by atoms with van der Waals surface area (Å²) in [5, 5.41) is 0. The molecule has 0 radical (unpaired) electrons. The molecule has 0 aliphatic heterocycles. The van der Waals surface area contributed by atoms with Crippen LogP contribution >= 0.6 is 34.8 Å². The van der Waals surface area contributed by atoms with Gasteiger partial charge in [-0.05, 0) is 18.4 Å². The number of ketones is 1. The zero-order chi connectivity index (χ0) is 15.5. The van der Waals surface area contributed by atoms with Gasteiger partial charge in [0.1, 0.15) is 5.78 Å². The summed E-state index contributed by atoms with van der Waals surface area (Å²) in [5.74, 6) is -0.303. The molecule has 0 atom stereocenters. The van der Waals surface area contributed by atoms with Gasteiger partial charge in [0.25, 0.3) is 9.70 Å². The van der Waals surface area contributed by atoms with Gasteiger partial charge in [0.15, 0.2) is 0 Å². The molecule has 0 aromatic heterocycles. The van der Waals surface area contributed by atoms with Crippen LogP contribution in [0, 0.1) is 0 Å². The van der Waals surface area contributed by atoms with Crippen LogP contribution in [0.2, 0.25) is 0 Å². The molecule has 1 fully saturated rings. The molecule has 1 aliphatic carbocycles. The number of hydrogen-bond acceptors (Lipinski definition) is 2. The van der Waals surface area contributed by atoms with Crippen LogP contribution < -0.4 is 0 Å². The van der Waals surface area contributed by atoms with Crippen LogP contribution in [0.5, 0.6) is 0 Å². The lowest BCUT2D eigenvalue weighted by Crippen LogP contribution is -2.46. The number of carbonyl (C=O) groups excluding carboxylic acids is 2. The van der Waals surface area contributed by atoms with Crippen molar-refractivity contribution in [2.24, 2.45) is 0 Å². The van der Waals surface area contributed by atoms with E-state index >= 15 is 0 Å². The van der Waals surface area contributed by atoms with Crippen LogP contribution in [0.4, 0.5) is 0 Å². The second kappa shape index (κ2) is 6.99. The van der Waals surface area contributed by atoms with Crippen LogP contribution in [-0.4, -0.2) is 26.4 Å². The second-order valence-electron chi connectivity index (χ2n) is 5.19. The Hall–Kier alpha value is -0.770. The fourth-order valence-corrected chi connectivity index (χ4v) is 2.87. The van der Waals surface area contributed by atoms with E-state index in [1.807, 2.05) is 30.3 Å². The fourth-order valence-electron chi connectivity index (χ4n) is 2.55. The molecule has 3 nitrogen and oxygen atoms in total. The maximum absolute atomic E-state index is 12.4. The van der Waals surface area contributed by atoms with Gasteiger partial charge in [-0.1, -0.05) is 65.1 Å². The van der Waals surface area contributed by atoms with Crippen molar-refractivity contribution < 1.29 is 9.59 Å². The zero-order valence-corrected chi connectivity index (χ0v) is 13.7. The number of halogens is 3. The van der Waals surface area contributed by atoms with Crippen molar-refractivity contribution in [2.45, 2.75) is 42.1 Å². The minimum absolute atomic E-state index is 0.0639. The Balaban J connectivity index is 2.18. The summed E-state index contributed by atoms with van der Waals surface area (Å²) in [5.41, 5.74) is 0.969. The monoisotopic (exact) mass is 347 g/mol. The Morgan fingerprint density at radius 3 is 2.24 bits per heavy atom. The molecule has 1 aromatic rings. The number of alkyl halides is 3. The fraction of sp³-hybridized carbons (Fsp3) is 0.467. The molecule has 0 N–H and O–H groups in total. The highest BCUT2D eigenvalue weighted by atomic mass is 35.6. The second-order valence-corrected chi connectivity index (χ2v) is 7.47. The van der Waals surface area contributed by atoms with Crippen molar-refractivity contribution in [3.05, 3.63) is 35.9 Å². The van der Waals surface area contributed by atoms with E-state index in [2.05, 4.69) is 0 Å². The molecule has 1 saturated carbocycles. The van der Waals surface area contributed by atoms with E-state index in [9.17, 15) is 9.59 Å². The number of Topliss-reactive ketones (excluding diaryl/α,β-unsaturated/α-hetero) is 1. The lowest BCUT2D eigenvalue weighted by Gasteiger charge is -2.35. The van der Waals surface area contributed by atoms with Crippen LogP contribution in [-0.2, 0) is 16.1 Å². The van der Waals surface area contributed by atoms with Crippen LogP contribution in [0.3, 0.4) is 0 Å². The lowest BCUT2D eigenvalue weighted by molar-refractivity contribution is -0.135. The molecule has 0 unspecified atom stereocenters. The smallest absolute Gasteiger partial charge is 0.275 e. The van der Waals surface area contributed by atoms with E-state index in [0.717, 1.165) is 5.56 Å². The molecule has 2 rings (SSSR count). The Morgan fingerprint density at radius 2 is 1.71 bits per heavy atom. The van der Waals surface area contributed by atoms with Gasteiger partial charge in [0.2, 0.25) is 0 Å². The Morgan fingerprint density at radius 1 is 1.14 bits per heavy atom. The third-order valence-electron chi connectivity index (χ3n) is 3.65. The van der Waals surface area contributed by atoms with Crippen molar-refractivity contribution >= 4 is 46.5 Å². The van der Waals surface area contributed by atoms with Gasteiger partial charge in [-0.25, -0.2) is 0 Å². The molecule has 1 aromatic carbocycles. The number of hydrogen-bond donors (Lipinski definition) is 0. The maximum atomic E-state index is 12.4. The van der Waals surface area contributed by atoms with E-state index < -0.39 is 9.70 Å². The largest absolute Gasteiger partial charge is 0.332 e.